The maximum atomic E-state index is 13.2. The molecule has 0 aliphatic carbocycles. The molecule has 0 unspecified atom stereocenters. The van der Waals surface area contributed by atoms with E-state index >= 15 is 0 Å². The zero-order chi connectivity index (χ0) is 21.0. The van der Waals surface area contributed by atoms with Crippen molar-refractivity contribution < 1.29 is 24.2 Å². The van der Waals surface area contributed by atoms with Gasteiger partial charge in [0.2, 0.25) is 0 Å². The van der Waals surface area contributed by atoms with Crippen molar-refractivity contribution in [2.45, 2.75) is 45.1 Å². The monoisotopic (exact) mass is 396 g/mol. The maximum absolute atomic E-state index is 13.2. The minimum absolute atomic E-state index is 0.0907. The molecule has 1 saturated heterocycles. The molecule has 29 heavy (non-hydrogen) atoms. The fourth-order valence-electron chi connectivity index (χ4n) is 3.46. The Morgan fingerprint density at radius 3 is 1.76 bits per heavy atom. The van der Waals surface area contributed by atoms with Crippen LogP contribution in [0, 0.1) is 0 Å². The molecular weight excluding hydrogens is 372 g/mol. The van der Waals surface area contributed by atoms with Crippen LogP contribution in [0.2, 0.25) is 0 Å². The van der Waals surface area contributed by atoms with Crippen LogP contribution in [-0.4, -0.2) is 51.1 Å². The molecule has 1 fully saturated rings. The highest BCUT2D eigenvalue weighted by Crippen LogP contribution is 2.29. The number of urea groups is 1. The predicted octanol–water partition coefficient (Wildman–Crippen LogP) is 2.90. The van der Waals surface area contributed by atoms with Crippen LogP contribution in [0.3, 0.4) is 0 Å². The van der Waals surface area contributed by atoms with Gasteiger partial charge in [-0.3, -0.25) is 0 Å². The van der Waals surface area contributed by atoms with Crippen molar-refractivity contribution in [2.24, 2.45) is 0 Å². The molecule has 1 aliphatic rings. The van der Waals surface area contributed by atoms with E-state index in [0.29, 0.717) is 0 Å². The van der Waals surface area contributed by atoms with E-state index in [0.717, 1.165) is 11.1 Å². The highest BCUT2D eigenvalue weighted by atomic mass is 16.5. The van der Waals surface area contributed by atoms with Crippen LogP contribution in [0.5, 0.6) is 0 Å². The summed E-state index contributed by atoms with van der Waals surface area (Å²) in [6.07, 6.45) is -0.422. The number of benzene rings is 2. The van der Waals surface area contributed by atoms with E-state index in [2.05, 4.69) is 0 Å². The molecule has 7 nitrogen and oxygen atoms in total. The van der Waals surface area contributed by atoms with Crippen LogP contribution in [0.25, 0.3) is 0 Å². The topological polar surface area (TPSA) is 87.1 Å². The van der Waals surface area contributed by atoms with Crippen LogP contribution in [0.1, 0.15) is 25.0 Å². The zero-order valence-electron chi connectivity index (χ0n) is 16.4. The molecule has 2 atom stereocenters. The lowest BCUT2D eigenvalue weighted by atomic mass is 10.1. The van der Waals surface area contributed by atoms with Crippen molar-refractivity contribution in [3.05, 3.63) is 71.8 Å². The molecule has 0 radical (unpaired) electrons. The first-order valence-corrected chi connectivity index (χ1v) is 9.47. The Kier molecular flexibility index (Phi) is 6.16. The minimum atomic E-state index is -1.34. The summed E-state index contributed by atoms with van der Waals surface area (Å²) < 4.78 is 5.31. The van der Waals surface area contributed by atoms with Crippen LogP contribution in [0.4, 0.5) is 4.79 Å². The van der Waals surface area contributed by atoms with Gasteiger partial charge in [-0.25, -0.2) is 14.4 Å². The van der Waals surface area contributed by atoms with Crippen LogP contribution in [-0.2, 0) is 27.4 Å². The number of carbonyl (C=O) groups is 3. The van der Waals surface area contributed by atoms with E-state index in [4.69, 9.17) is 4.74 Å². The van der Waals surface area contributed by atoms with E-state index in [1.807, 2.05) is 60.7 Å². The van der Waals surface area contributed by atoms with Crippen molar-refractivity contribution in [1.29, 1.82) is 0 Å². The molecular formula is C22H24N2O5. The number of nitrogens with zero attached hydrogens (tertiary/aromatic N) is 2. The molecule has 2 aromatic rings. The van der Waals surface area contributed by atoms with Crippen LogP contribution >= 0.6 is 0 Å². The molecule has 1 aliphatic heterocycles. The highest BCUT2D eigenvalue weighted by Gasteiger charge is 2.54. The number of amides is 2. The summed E-state index contributed by atoms with van der Waals surface area (Å²) in [5.41, 5.74) is 1.58. The summed E-state index contributed by atoms with van der Waals surface area (Å²) in [6.45, 7) is 3.58. The van der Waals surface area contributed by atoms with Gasteiger partial charge in [0.1, 0.15) is 0 Å². The average Bonchev–Trinajstić information content (AvgIpc) is 2.95. The Morgan fingerprint density at radius 2 is 1.34 bits per heavy atom. The van der Waals surface area contributed by atoms with Gasteiger partial charge in [-0.2, -0.15) is 0 Å². The average molecular weight is 396 g/mol. The lowest BCUT2D eigenvalue weighted by Gasteiger charge is -2.24. The zero-order valence-corrected chi connectivity index (χ0v) is 16.4. The fourth-order valence-corrected chi connectivity index (χ4v) is 3.46. The summed E-state index contributed by atoms with van der Waals surface area (Å²) in [5.74, 6) is -1.96. The number of carboxylic acids is 1. The van der Waals surface area contributed by atoms with Crippen molar-refractivity contribution in [2.75, 3.05) is 0 Å². The predicted molar refractivity (Wildman–Crippen MR) is 106 cm³/mol. The van der Waals surface area contributed by atoms with E-state index in [-0.39, 0.29) is 13.1 Å². The third-order valence-corrected chi connectivity index (χ3v) is 4.70. The van der Waals surface area contributed by atoms with Crippen molar-refractivity contribution in [1.82, 2.24) is 9.80 Å². The number of aliphatic carboxylic acids is 1. The second kappa shape index (κ2) is 8.77. The Morgan fingerprint density at radius 1 is 0.897 bits per heavy atom. The molecule has 1 N–H and O–H groups in total. The third kappa shape index (κ3) is 4.56. The molecule has 0 aromatic heterocycles. The van der Waals surface area contributed by atoms with Gasteiger partial charge in [0, 0.05) is 13.1 Å². The smallest absolute Gasteiger partial charge is 0.331 e. The Balaban J connectivity index is 1.97. The van der Waals surface area contributed by atoms with E-state index in [9.17, 15) is 19.5 Å². The number of ether oxygens (including phenoxy) is 1. The van der Waals surface area contributed by atoms with Gasteiger partial charge in [-0.05, 0) is 25.0 Å². The molecule has 0 saturated carbocycles. The Labute approximate surface area is 169 Å². The normalized spacial score (nSPS) is 18.9. The van der Waals surface area contributed by atoms with E-state index in [1.54, 1.807) is 13.8 Å². The third-order valence-electron chi connectivity index (χ3n) is 4.70. The van der Waals surface area contributed by atoms with Gasteiger partial charge in [0.25, 0.3) is 0 Å². The molecule has 152 valence electrons. The second-order valence-corrected chi connectivity index (χ2v) is 7.22. The lowest BCUT2D eigenvalue weighted by molar-refractivity contribution is -0.158. The van der Waals surface area contributed by atoms with Crippen molar-refractivity contribution >= 4 is 18.0 Å². The minimum Gasteiger partial charge on any atom is -0.480 e. The SMILES string of the molecule is CC(C)OC(=O)[C@H]1[C@H](C(=O)O)N(Cc2ccccc2)C(=O)N1Cc1ccccc1. The molecule has 2 aromatic carbocycles. The van der Waals surface area contributed by atoms with Crippen molar-refractivity contribution in [3.63, 3.8) is 0 Å². The van der Waals surface area contributed by atoms with Gasteiger partial charge in [-0.15, -0.1) is 0 Å². The number of carboxylic acid groups (broad SMARTS) is 1. The molecule has 1 heterocycles. The highest BCUT2D eigenvalue weighted by molar-refractivity contribution is 5.96. The van der Waals surface area contributed by atoms with E-state index in [1.165, 1.54) is 9.80 Å². The summed E-state index contributed by atoms with van der Waals surface area (Å²) in [7, 11) is 0. The first-order valence-electron chi connectivity index (χ1n) is 9.47. The molecule has 0 bridgehead atoms. The van der Waals surface area contributed by atoms with E-state index < -0.39 is 36.2 Å². The molecule has 0 spiro atoms. The van der Waals surface area contributed by atoms with Crippen LogP contribution in [0.15, 0.2) is 60.7 Å². The van der Waals surface area contributed by atoms with Gasteiger partial charge < -0.3 is 19.6 Å². The number of carbonyl (C=O) groups excluding carboxylic acids is 2. The van der Waals surface area contributed by atoms with Gasteiger partial charge >= 0.3 is 18.0 Å². The largest absolute Gasteiger partial charge is 0.480 e. The molecule has 7 heteroatoms. The van der Waals surface area contributed by atoms with Crippen molar-refractivity contribution in [3.8, 4) is 0 Å². The number of rotatable bonds is 7. The Bertz CT molecular complexity index is 869. The molecule has 3 rings (SSSR count). The lowest BCUT2D eigenvalue weighted by Crippen LogP contribution is -2.48. The number of esters is 1. The number of hydrogen-bond acceptors (Lipinski definition) is 4. The van der Waals surface area contributed by atoms with Gasteiger partial charge in [-0.1, -0.05) is 60.7 Å². The maximum Gasteiger partial charge on any atom is 0.331 e. The standard InChI is InChI=1S/C22H24N2O5/c1-15(2)29-21(27)19-18(20(25)26)23(13-16-9-5-3-6-10-16)22(28)24(19)14-17-11-7-4-8-12-17/h3-12,15,18-19H,13-14H2,1-2H3,(H,25,26)/t18-,19-/m1/s1. The fraction of sp³-hybridized carbons (Fsp3) is 0.318. The first-order chi connectivity index (χ1) is 13.9. The Hall–Kier alpha value is -3.35. The quantitative estimate of drug-likeness (QED) is 0.727. The van der Waals surface area contributed by atoms with Crippen LogP contribution < -0.4 is 0 Å². The first kappa shape index (κ1) is 20.4. The summed E-state index contributed by atoms with van der Waals surface area (Å²) in [5, 5.41) is 9.89. The van der Waals surface area contributed by atoms with Gasteiger partial charge in [0.15, 0.2) is 12.1 Å². The summed E-state index contributed by atoms with van der Waals surface area (Å²) >= 11 is 0. The summed E-state index contributed by atoms with van der Waals surface area (Å²) in [6, 6.07) is 15.2. The van der Waals surface area contributed by atoms with Gasteiger partial charge in [0.05, 0.1) is 6.10 Å². The molecule has 2 amide bonds. The summed E-state index contributed by atoms with van der Waals surface area (Å²) in [4.78, 5) is 40.7. The number of hydrogen-bond donors (Lipinski definition) is 1. The second-order valence-electron chi connectivity index (χ2n) is 7.22.